The largest absolute Gasteiger partial charge is 0.383 e. The molecule has 0 aromatic rings. The highest BCUT2D eigenvalue weighted by atomic mass is 16.5. The third-order valence-electron chi connectivity index (χ3n) is 2.69. The van der Waals surface area contributed by atoms with Crippen LogP contribution in [0.4, 0.5) is 0 Å². The highest BCUT2D eigenvalue weighted by Crippen LogP contribution is 2.11. The van der Waals surface area contributed by atoms with Crippen LogP contribution in [0.25, 0.3) is 0 Å². The van der Waals surface area contributed by atoms with Gasteiger partial charge in [0.1, 0.15) is 0 Å². The molecule has 86 valence electrons. The Balaban J connectivity index is 4.07. The SMILES string of the molecule is COCC(C)N(C)C(CN)CC(C)C. The molecule has 0 bridgehead atoms. The average Bonchev–Trinajstić information content (AvgIpc) is 2.13. The van der Waals surface area contributed by atoms with E-state index in [1.807, 2.05) is 0 Å². The van der Waals surface area contributed by atoms with E-state index in [4.69, 9.17) is 10.5 Å². The zero-order valence-electron chi connectivity index (χ0n) is 10.3. The van der Waals surface area contributed by atoms with Crippen LogP contribution in [-0.2, 0) is 4.74 Å². The van der Waals surface area contributed by atoms with Gasteiger partial charge in [0.05, 0.1) is 6.61 Å². The molecule has 0 heterocycles. The standard InChI is InChI=1S/C11H26N2O/c1-9(2)6-11(7-12)13(4)10(3)8-14-5/h9-11H,6-8,12H2,1-5H3. The second-order valence-corrected chi connectivity index (χ2v) is 4.49. The molecule has 0 aromatic carbocycles. The summed E-state index contributed by atoms with van der Waals surface area (Å²) in [5.74, 6) is 0.695. The Morgan fingerprint density at radius 1 is 1.29 bits per heavy atom. The molecular weight excluding hydrogens is 176 g/mol. The average molecular weight is 202 g/mol. The number of methoxy groups -OCH3 is 1. The minimum atomic E-state index is 0.437. The van der Waals surface area contributed by atoms with Crippen LogP contribution < -0.4 is 5.73 Å². The summed E-state index contributed by atoms with van der Waals surface area (Å²) in [7, 11) is 3.87. The molecule has 0 aromatic heterocycles. The van der Waals surface area contributed by atoms with Crippen molar-refractivity contribution in [2.24, 2.45) is 11.7 Å². The number of nitrogens with zero attached hydrogens (tertiary/aromatic N) is 1. The van der Waals surface area contributed by atoms with Crippen molar-refractivity contribution in [2.45, 2.75) is 39.3 Å². The van der Waals surface area contributed by atoms with Gasteiger partial charge in [-0.15, -0.1) is 0 Å². The van der Waals surface area contributed by atoms with E-state index >= 15 is 0 Å². The van der Waals surface area contributed by atoms with Gasteiger partial charge in [-0.05, 0) is 26.3 Å². The van der Waals surface area contributed by atoms with Gasteiger partial charge in [0.15, 0.2) is 0 Å². The van der Waals surface area contributed by atoms with Gasteiger partial charge in [0.2, 0.25) is 0 Å². The monoisotopic (exact) mass is 202 g/mol. The van der Waals surface area contributed by atoms with Crippen LogP contribution >= 0.6 is 0 Å². The van der Waals surface area contributed by atoms with Crippen molar-refractivity contribution in [1.82, 2.24) is 4.90 Å². The Bertz CT molecular complexity index is 139. The van der Waals surface area contributed by atoms with Crippen LogP contribution in [0.1, 0.15) is 27.2 Å². The van der Waals surface area contributed by atoms with E-state index in [2.05, 4.69) is 32.7 Å². The van der Waals surface area contributed by atoms with Gasteiger partial charge in [-0.2, -0.15) is 0 Å². The second kappa shape index (κ2) is 7.21. The van der Waals surface area contributed by atoms with Crippen LogP contribution in [0, 0.1) is 5.92 Å². The predicted molar refractivity (Wildman–Crippen MR) is 61.4 cm³/mol. The minimum absolute atomic E-state index is 0.437. The van der Waals surface area contributed by atoms with Crippen LogP contribution in [0.5, 0.6) is 0 Å². The summed E-state index contributed by atoms with van der Waals surface area (Å²) in [6, 6.07) is 0.910. The molecule has 0 radical (unpaired) electrons. The molecule has 0 rings (SSSR count). The highest BCUT2D eigenvalue weighted by Gasteiger charge is 2.19. The Morgan fingerprint density at radius 3 is 2.21 bits per heavy atom. The molecule has 0 saturated carbocycles. The Morgan fingerprint density at radius 2 is 1.86 bits per heavy atom. The summed E-state index contributed by atoms with van der Waals surface area (Å²) in [6.07, 6.45) is 1.15. The van der Waals surface area contributed by atoms with Gasteiger partial charge in [0.25, 0.3) is 0 Å². The first-order valence-corrected chi connectivity index (χ1v) is 5.43. The molecule has 0 aliphatic heterocycles. The van der Waals surface area contributed by atoms with E-state index in [1.54, 1.807) is 7.11 Å². The van der Waals surface area contributed by atoms with Gasteiger partial charge in [0, 0.05) is 25.7 Å². The lowest BCUT2D eigenvalue weighted by atomic mass is 10.0. The topological polar surface area (TPSA) is 38.5 Å². The van der Waals surface area contributed by atoms with Gasteiger partial charge in [-0.3, -0.25) is 4.90 Å². The number of ether oxygens (including phenoxy) is 1. The quantitative estimate of drug-likeness (QED) is 0.677. The van der Waals surface area contributed by atoms with Crippen molar-refractivity contribution < 1.29 is 4.74 Å². The molecule has 0 amide bonds. The number of hydrogen-bond acceptors (Lipinski definition) is 3. The molecule has 3 heteroatoms. The van der Waals surface area contributed by atoms with E-state index in [9.17, 15) is 0 Å². The third-order valence-corrected chi connectivity index (χ3v) is 2.69. The summed E-state index contributed by atoms with van der Waals surface area (Å²) < 4.78 is 5.14. The maximum absolute atomic E-state index is 5.77. The summed E-state index contributed by atoms with van der Waals surface area (Å²) in [5, 5.41) is 0. The summed E-state index contributed by atoms with van der Waals surface area (Å²) in [5.41, 5.74) is 5.77. The minimum Gasteiger partial charge on any atom is -0.383 e. The fraction of sp³-hybridized carbons (Fsp3) is 1.00. The third kappa shape index (κ3) is 4.94. The number of hydrogen-bond donors (Lipinski definition) is 1. The molecular formula is C11H26N2O. The lowest BCUT2D eigenvalue weighted by molar-refractivity contribution is 0.0843. The van der Waals surface area contributed by atoms with E-state index in [1.165, 1.54) is 0 Å². The fourth-order valence-electron chi connectivity index (χ4n) is 1.69. The first kappa shape index (κ1) is 13.9. The predicted octanol–water partition coefficient (Wildman–Crippen LogP) is 1.33. The van der Waals surface area contributed by atoms with Crippen LogP contribution in [0.3, 0.4) is 0 Å². The summed E-state index contributed by atoms with van der Waals surface area (Å²) in [6.45, 7) is 8.13. The second-order valence-electron chi connectivity index (χ2n) is 4.49. The smallest absolute Gasteiger partial charge is 0.0615 e. The molecule has 0 fully saturated rings. The van der Waals surface area contributed by atoms with Gasteiger partial charge in [-0.25, -0.2) is 0 Å². The number of nitrogens with two attached hydrogens (primary N) is 1. The first-order valence-electron chi connectivity index (χ1n) is 5.43. The summed E-state index contributed by atoms with van der Waals surface area (Å²) >= 11 is 0. The highest BCUT2D eigenvalue weighted by molar-refractivity contribution is 4.75. The van der Waals surface area contributed by atoms with Crippen LogP contribution in [0.2, 0.25) is 0 Å². The molecule has 2 N–H and O–H groups in total. The van der Waals surface area contributed by atoms with Crippen molar-refractivity contribution in [3.63, 3.8) is 0 Å². The normalized spacial score (nSPS) is 16.3. The maximum Gasteiger partial charge on any atom is 0.0615 e. The Kier molecular flexibility index (Phi) is 7.15. The van der Waals surface area contributed by atoms with Crippen LogP contribution in [0.15, 0.2) is 0 Å². The molecule has 2 atom stereocenters. The molecule has 0 aliphatic rings. The molecule has 0 spiro atoms. The molecule has 2 unspecified atom stereocenters. The lowest BCUT2D eigenvalue weighted by Crippen LogP contribution is -2.45. The number of likely N-dealkylation sites (N-methyl/N-ethyl adjacent to an activating group) is 1. The van der Waals surface area contributed by atoms with Crippen molar-refractivity contribution >= 4 is 0 Å². The Labute approximate surface area is 88.6 Å². The molecule has 0 saturated heterocycles. The first-order chi connectivity index (χ1) is 6.52. The maximum atomic E-state index is 5.77. The number of rotatable bonds is 7. The van der Waals surface area contributed by atoms with Crippen molar-refractivity contribution in [3.8, 4) is 0 Å². The van der Waals surface area contributed by atoms with E-state index in [-0.39, 0.29) is 0 Å². The van der Waals surface area contributed by atoms with Gasteiger partial charge < -0.3 is 10.5 Å². The van der Waals surface area contributed by atoms with Crippen molar-refractivity contribution in [1.29, 1.82) is 0 Å². The fourth-order valence-corrected chi connectivity index (χ4v) is 1.69. The van der Waals surface area contributed by atoms with Crippen molar-refractivity contribution in [3.05, 3.63) is 0 Å². The van der Waals surface area contributed by atoms with Crippen molar-refractivity contribution in [2.75, 3.05) is 27.3 Å². The zero-order chi connectivity index (χ0) is 11.1. The zero-order valence-corrected chi connectivity index (χ0v) is 10.3. The van der Waals surface area contributed by atoms with E-state index in [0.29, 0.717) is 18.0 Å². The Hall–Kier alpha value is -0.120. The molecule has 0 aliphatic carbocycles. The molecule has 3 nitrogen and oxygen atoms in total. The van der Waals surface area contributed by atoms with E-state index < -0.39 is 0 Å². The van der Waals surface area contributed by atoms with E-state index in [0.717, 1.165) is 19.6 Å². The summed E-state index contributed by atoms with van der Waals surface area (Å²) in [4.78, 5) is 2.32. The van der Waals surface area contributed by atoms with Gasteiger partial charge in [-0.1, -0.05) is 13.8 Å². The molecule has 14 heavy (non-hydrogen) atoms. The lowest BCUT2D eigenvalue weighted by Gasteiger charge is -2.33. The van der Waals surface area contributed by atoms with Crippen LogP contribution in [-0.4, -0.2) is 44.3 Å². The van der Waals surface area contributed by atoms with Gasteiger partial charge >= 0.3 is 0 Å².